The van der Waals surface area contributed by atoms with Gasteiger partial charge in [-0.25, -0.2) is 0 Å². The molecule has 0 bridgehead atoms. The molecule has 6 nitrogen and oxygen atoms in total. The molecule has 0 amide bonds. The average molecular weight is 398 g/mol. The van der Waals surface area contributed by atoms with Gasteiger partial charge in [-0.3, -0.25) is 9.89 Å². The number of rotatable bonds is 9. The molecule has 0 saturated carbocycles. The van der Waals surface area contributed by atoms with E-state index in [0.717, 1.165) is 4.90 Å². The van der Waals surface area contributed by atoms with Crippen LogP contribution in [-0.4, -0.2) is 64.5 Å². The minimum absolute atomic E-state index is 0.0151. The minimum atomic E-state index is -4.26. The van der Waals surface area contributed by atoms with Crippen molar-refractivity contribution in [2.24, 2.45) is 4.99 Å². The predicted octanol–water partition coefficient (Wildman–Crippen LogP) is 2.46. The van der Waals surface area contributed by atoms with Gasteiger partial charge in [-0.15, -0.1) is 0 Å². The second kappa shape index (κ2) is 10.8. The number of aliphatic imine (C=N–C) groups is 1. The van der Waals surface area contributed by atoms with Crippen molar-refractivity contribution in [3.8, 4) is 11.5 Å². The molecule has 2 N–H and O–H groups in total. The van der Waals surface area contributed by atoms with E-state index in [-0.39, 0.29) is 25.4 Å². The molecular weight excluding hydrogens is 375 g/mol. The summed E-state index contributed by atoms with van der Waals surface area (Å²) in [7, 11) is 4.28. The number of nitrogens with one attached hydrogen (secondary N) is 2. The number of nitrogens with zero attached hydrogens (tertiary/aromatic N) is 2. The molecule has 154 valence electrons. The van der Waals surface area contributed by atoms with Gasteiger partial charge in [0.1, 0.15) is 11.5 Å². The van der Waals surface area contributed by atoms with Crippen molar-refractivity contribution in [3.63, 3.8) is 0 Å². The molecule has 0 atom stereocenters. The van der Waals surface area contributed by atoms with E-state index in [1.54, 1.807) is 0 Å². The summed E-state index contributed by atoms with van der Waals surface area (Å²) >= 11 is 0. The van der Waals surface area contributed by atoms with E-state index in [1.165, 1.54) is 39.4 Å². The summed E-state index contributed by atoms with van der Waals surface area (Å²) in [6.45, 7) is -3.54. The topological polar surface area (TPSA) is 58.1 Å². The molecule has 27 heavy (non-hydrogen) atoms. The van der Waals surface area contributed by atoms with Crippen LogP contribution in [0.5, 0.6) is 11.5 Å². The SMILES string of the molecule is CN=C(NCCN(C)CC(F)(F)F)NCc1cc(OC)ccc1OC(F)F. The summed E-state index contributed by atoms with van der Waals surface area (Å²) < 4.78 is 71.4. The average Bonchev–Trinajstić information content (AvgIpc) is 2.56. The lowest BCUT2D eigenvalue weighted by molar-refractivity contribution is -0.142. The zero-order chi connectivity index (χ0) is 20.4. The Labute approximate surface area is 154 Å². The van der Waals surface area contributed by atoms with Gasteiger partial charge >= 0.3 is 12.8 Å². The maximum absolute atomic E-state index is 12.5. The van der Waals surface area contributed by atoms with Crippen LogP contribution in [0.3, 0.4) is 0 Å². The number of guanidine groups is 1. The third kappa shape index (κ3) is 9.27. The van der Waals surface area contributed by atoms with Crippen LogP contribution >= 0.6 is 0 Å². The van der Waals surface area contributed by atoms with Gasteiger partial charge in [-0.1, -0.05) is 0 Å². The highest BCUT2D eigenvalue weighted by Gasteiger charge is 2.28. The van der Waals surface area contributed by atoms with Gasteiger partial charge in [0.25, 0.3) is 0 Å². The number of likely N-dealkylation sites (N-methyl/N-ethyl adjacent to an activating group) is 1. The Bertz CT molecular complexity index is 611. The van der Waals surface area contributed by atoms with Gasteiger partial charge < -0.3 is 20.1 Å². The largest absolute Gasteiger partial charge is 0.497 e. The van der Waals surface area contributed by atoms with E-state index in [9.17, 15) is 22.0 Å². The van der Waals surface area contributed by atoms with E-state index < -0.39 is 19.3 Å². The molecule has 0 spiro atoms. The fourth-order valence-electron chi connectivity index (χ4n) is 2.18. The quantitative estimate of drug-likeness (QED) is 0.380. The Morgan fingerprint density at radius 3 is 2.52 bits per heavy atom. The van der Waals surface area contributed by atoms with Crippen LogP contribution in [0.25, 0.3) is 0 Å². The summed E-state index contributed by atoms with van der Waals surface area (Å²) in [6.07, 6.45) is -4.26. The first-order chi connectivity index (χ1) is 12.6. The maximum atomic E-state index is 12.5. The first-order valence-corrected chi connectivity index (χ1v) is 7.96. The van der Waals surface area contributed by atoms with E-state index in [4.69, 9.17) is 4.74 Å². The van der Waals surface area contributed by atoms with Gasteiger partial charge in [0.15, 0.2) is 5.96 Å². The highest BCUT2D eigenvalue weighted by molar-refractivity contribution is 5.79. The second-order valence-electron chi connectivity index (χ2n) is 5.56. The molecule has 0 aliphatic rings. The fourth-order valence-corrected chi connectivity index (χ4v) is 2.18. The summed E-state index contributed by atoms with van der Waals surface area (Å²) in [4.78, 5) is 5.06. The van der Waals surface area contributed by atoms with Crippen LogP contribution in [0, 0.1) is 0 Å². The van der Waals surface area contributed by atoms with Gasteiger partial charge in [-0.05, 0) is 25.2 Å². The second-order valence-corrected chi connectivity index (χ2v) is 5.56. The number of methoxy groups -OCH3 is 1. The molecule has 0 aliphatic heterocycles. The van der Waals surface area contributed by atoms with Crippen molar-refractivity contribution < 1.29 is 31.4 Å². The lowest BCUT2D eigenvalue weighted by Crippen LogP contribution is -2.42. The zero-order valence-corrected chi connectivity index (χ0v) is 15.2. The van der Waals surface area contributed by atoms with Gasteiger partial charge in [0.05, 0.1) is 13.7 Å². The number of alkyl halides is 5. The van der Waals surface area contributed by atoms with Gasteiger partial charge in [0.2, 0.25) is 0 Å². The van der Waals surface area contributed by atoms with Gasteiger partial charge in [-0.2, -0.15) is 22.0 Å². The molecule has 0 aromatic heterocycles. The summed E-state index contributed by atoms with van der Waals surface area (Å²) in [5.41, 5.74) is 0.409. The molecule has 0 fully saturated rings. The molecule has 11 heteroatoms. The number of hydrogen-bond acceptors (Lipinski definition) is 4. The van der Waals surface area contributed by atoms with E-state index in [0.29, 0.717) is 17.3 Å². The highest BCUT2D eigenvalue weighted by atomic mass is 19.4. The molecular formula is C16H23F5N4O2. The van der Waals surface area contributed by atoms with Crippen molar-refractivity contribution in [3.05, 3.63) is 23.8 Å². The van der Waals surface area contributed by atoms with E-state index >= 15 is 0 Å². The third-order valence-electron chi connectivity index (χ3n) is 3.39. The predicted molar refractivity (Wildman–Crippen MR) is 91.4 cm³/mol. The minimum Gasteiger partial charge on any atom is -0.497 e. The van der Waals surface area contributed by atoms with Crippen molar-refractivity contribution in [1.29, 1.82) is 0 Å². The molecule has 0 aliphatic carbocycles. The first kappa shape index (κ1) is 22.7. The number of halogens is 5. The smallest absolute Gasteiger partial charge is 0.401 e. The third-order valence-corrected chi connectivity index (χ3v) is 3.39. The number of benzene rings is 1. The molecule has 0 unspecified atom stereocenters. The number of ether oxygens (including phenoxy) is 2. The summed E-state index contributed by atoms with van der Waals surface area (Å²) in [5.74, 6) is 0.755. The van der Waals surface area contributed by atoms with Crippen LogP contribution in [0.1, 0.15) is 5.56 Å². The van der Waals surface area contributed by atoms with Crippen LogP contribution in [0.4, 0.5) is 22.0 Å². The zero-order valence-electron chi connectivity index (χ0n) is 15.2. The first-order valence-electron chi connectivity index (χ1n) is 7.96. The Morgan fingerprint density at radius 2 is 1.96 bits per heavy atom. The summed E-state index contributed by atoms with van der Waals surface area (Å²) in [6, 6.07) is 4.39. The molecule has 1 aromatic carbocycles. The standard InChI is InChI=1S/C16H23F5N4O2/c1-22-15(23-6-7-25(2)10-16(19,20)21)24-9-11-8-12(26-3)4-5-13(11)27-14(17)18/h4-5,8,14H,6-7,9-10H2,1-3H3,(H2,22,23,24). The molecule has 0 radical (unpaired) electrons. The lowest BCUT2D eigenvalue weighted by atomic mass is 10.2. The van der Waals surface area contributed by atoms with Crippen molar-refractivity contribution in [2.75, 3.05) is 40.8 Å². The Morgan fingerprint density at radius 1 is 1.26 bits per heavy atom. The van der Waals surface area contributed by atoms with Crippen LogP contribution in [0.2, 0.25) is 0 Å². The molecule has 0 saturated heterocycles. The van der Waals surface area contributed by atoms with Crippen molar-refractivity contribution in [1.82, 2.24) is 15.5 Å². The summed E-state index contributed by atoms with van der Waals surface area (Å²) in [5, 5.41) is 5.75. The Balaban J connectivity index is 2.59. The van der Waals surface area contributed by atoms with Crippen molar-refractivity contribution >= 4 is 5.96 Å². The van der Waals surface area contributed by atoms with E-state index in [1.807, 2.05) is 0 Å². The van der Waals surface area contributed by atoms with Crippen LogP contribution in [-0.2, 0) is 6.54 Å². The fraction of sp³-hybridized carbons (Fsp3) is 0.562. The Kier molecular flexibility index (Phi) is 9.06. The molecule has 1 aromatic rings. The van der Waals surface area contributed by atoms with Crippen molar-refractivity contribution in [2.45, 2.75) is 19.3 Å². The highest BCUT2D eigenvalue weighted by Crippen LogP contribution is 2.25. The molecule has 1 rings (SSSR count). The van der Waals surface area contributed by atoms with E-state index in [2.05, 4.69) is 20.4 Å². The maximum Gasteiger partial charge on any atom is 0.401 e. The normalized spacial score (nSPS) is 12.4. The molecule has 0 heterocycles. The van der Waals surface area contributed by atoms with Crippen LogP contribution in [0.15, 0.2) is 23.2 Å². The van der Waals surface area contributed by atoms with Crippen LogP contribution < -0.4 is 20.1 Å². The van der Waals surface area contributed by atoms with Gasteiger partial charge in [0, 0.05) is 32.2 Å². The lowest BCUT2D eigenvalue weighted by Gasteiger charge is -2.20. The number of hydrogen-bond donors (Lipinski definition) is 2. The monoisotopic (exact) mass is 398 g/mol. The Hall–Kier alpha value is -2.30.